The molecule has 4 nitrogen and oxygen atoms in total. The SMILES string of the molecule is CCC1C(O)C2N(C)c3cc(OC)ccc3C23CCN2CC=CC1C23. The molecule has 0 bridgehead atoms. The van der Waals surface area contributed by atoms with Crippen LogP contribution in [0, 0.1) is 11.8 Å². The van der Waals surface area contributed by atoms with Crippen LogP contribution in [0.1, 0.15) is 25.3 Å². The Labute approximate surface area is 150 Å². The summed E-state index contributed by atoms with van der Waals surface area (Å²) in [7, 11) is 3.89. The third-order valence-electron chi connectivity index (χ3n) is 7.56. The number of hydrogen-bond acceptors (Lipinski definition) is 4. The molecule has 1 saturated heterocycles. The first-order chi connectivity index (χ1) is 12.1. The first-order valence-corrected chi connectivity index (χ1v) is 9.63. The van der Waals surface area contributed by atoms with Gasteiger partial charge in [-0.1, -0.05) is 31.6 Å². The number of ether oxygens (including phenoxy) is 1. The van der Waals surface area contributed by atoms with E-state index in [4.69, 9.17) is 4.74 Å². The highest BCUT2D eigenvalue weighted by molar-refractivity contribution is 5.68. The summed E-state index contributed by atoms with van der Waals surface area (Å²) in [4.78, 5) is 5.02. The van der Waals surface area contributed by atoms with E-state index in [-0.39, 0.29) is 17.6 Å². The van der Waals surface area contributed by atoms with Crippen molar-refractivity contribution in [3.05, 3.63) is 35.9 Å². The first kappa shape index (κ1) is 15.7. The molecule has 134 valence electrons. The van der Waals surface area contributed by atoms with Crippen LogP contribution in [0.15, 0.2) is 30.4 Å². The van der Waals surface area contributed by atoms with Crippen LogP contribution in [0.2, 0.25) is 0 Å². The standard InChI is InChI=1S/C21H28N2O2/c1-4-14-15-6-5-10-23-11-9-21(19(15)23)16-8-7-13(25-3)12-17(16)22(2)20(21)18(14)24/h5-8,12,14-15,18-20,24H,4,9-11H2,1-3H3. The van der Waals surface area contributed by atoms with Crippen molar-refractivity contribution in [3.8, 4) is 5.75 Å². The predicted molar refractivity (Wildman–Crippen MR) is 99.3 cm³/mol. The molecule has 6 atom stereocenters. The Morgan fingerprint density at radius 3 is 2.92 bits per heavy atom. The Balaban J connectivity index is 1.74. The van der Waals surface area contributed by atoms with E-state index < -0.39 is 0 Å². The molecule has 1 aromatic rings. The lowest BCUT2D eigenvalue weighted by molar-refractivity contribution is -0.0417. The zero-order valence-corrected chi connectivity index (χ0v) is 15.4. The summed E-state index contributed by atoms with van der Waals surface area (Å²) in [5.74, 6) is 1.69. The maximum absolute atomic E-state index is 11.4. The molecule has 1 aromatic carbocycles. The van der Waals surface area contributed by atoms with Crippen LogP contribution in [0.3, 0.4) is 0 Å². The van der Waals surface area contributed by atoms with Gasteiger partial charge in [-0.15, -0.1) is 0 Å². The summed E-state index contributed by atoms with van der Waals surface area (Å²) in [6.45, 7) is 4.41. The average Bonchev–Trinajstić information content (AvgIpc) is 3.14. The molecule has 4 aliphatic rings. The number of rotatable bonds is 2. The summed E-state index contributed by atoms with van der Waals surface area (Å²) in [6, 6.07) is 7.19. The van der Waals surface area contributed by atoms with Crippen molar-refractivity contribution in [2.24, 2.45) is 11.8 Å². The number of anilines is 1. The fourth-order valence-electron chi connectivity index (χ4n) is 6.67. The summed E-state index contributed by atoms with van der Waals surface area (Å²) in [5.41, 5.74) is 2.70. The Hall–Kier alpha value is -1.52. The van der Waals surface area contributed by atoms with Gasteiger partial charge >= 0.3 is 0 Å². The van der Waals surface area contributed by atoms with Crippen LogP contribution in [-0.4, -0.2) is 55.4 Å². The third kappa shape index (κ3) is 1.75. The number of nitrogens with zero attached hydrogens (tertiary/aromatic N) is 2. The van der Waals surface area contributed by atoms with Gasteiger partial charge < -0.3 is 14.7 Å². The van der Waals surface area contributed by atoms with Crippen molar-refractivity contribution in [1.82, 2.24) is 4.90 Å². The molecule has 5 rings (SSSR count). The lowest BCUT2D eigenvalue weighted by atomic mass is 9.56. The normalized spacial score (nSPS) is 41.4. The van der Waals surface area contributed by atoms with Crippen molar-refractivity contribution in [1.29, 1.82) is 0 Å². The molecule has 0 amide bonds. The molecule has 0 radical (unpaired) electrons. The lowest BCUT2D eigenvalue weighted by Gasteiger charge is -2.55. The van der Waals surface area contributed by atoms with E-state index >= 15 is 0 Å². The fraction of sp³-hybridized carbons (Fsp3) is 0.619. The van der Waals surface area contributed by atoms with E-state index in [1.807, 2.05) is 0 Å². The van der Waals surface area contributed by atoms with Crippen LogP contribution in [0.4, 0.5) is 5.69 Å². The second kappa shape index (κ2) is 5.24. The topological polar surface area (TPSA) is 35.9 Å². The van der Waals surface area contributed by atoms with Gasteiger partial charge in [0.1, 0.15) is 5.75 Å². The molecule has 2 fully saturated rings. The summed E-state index contributed by atoms with van der Waals surface area (Å²) >= 11 is 0. The number of methoxy groups -OCH3 is 1. The van der Waals surface area contributed by atoms with Crippen LogP contribution in [-0.2, 0) is 5.41 Å². The molecule has 0 aromatic heterocycles. The van der Waals surface area contributed by atoms with Gasteiger partial charge in [0.15, 0.2) is 0 Å². The molecule has 1 aliphatic carbocycles. The summed E-state index contributed by atoms with van der Waals surface area (Å²) < 4.78 is 5.48. The van der Waals surface area contributed by atoms with Crippen LogP contribution in [0.25, 0.3) is 0 Å². The molecule has 3 aliphatic heterocycles. The molecular weight excluding hydrogens is 312 g/mol. The average molecular weight is 340 g/mol. The molecule has 1 N–H and O–H groups in total. The van der Waals surface area contributed by atoms with Crippen LogP contribution >= 0.6 is 0 Å². The van der Waals surface area contributed by atoms with E-state index in [2.05, 4.69) is 54.1 Å². The highest BCUT2D eigenvalue weighted by Gasteiger charge is 2.67. The monoisotopic (exact) mass is 340 g/mol. The molecule has 3 heterocycles. The number of benzene rings is 1. The van der Waals surface area contributed by atoms with E-state index in [0.717, 1.165) is 31.7 Å². The number of likely N-dealkylation sites (N-methyl/N-ethyl adjacent to an activating group) is 1. The molecule has 4 heteroatoms. The van der Waals surface area contributed by atoms with Gasteiger partial charge in [-0.25, -0.2) is 0 Å². The van der Waals surface area contributed by atoms with E-state index in [0.29, 0.717) is 17.9 Å². The number of fused-ring (bicyclic) bond motifs is 1. The van der Waals surface area contributed by atoms with E-state index in [1.54, 1.807) is 7.11 Å². The second-order valence-corrected chi connectivity index (χ2v) is 8.24. The molecule has 1 saturated carbocycles. The lowest BCUT2D eigenvalue weighted by Crippen LogP contribution is -2.67. The zero-order chi connectivity index (χ0) is 17.3. The second-order valence-electron chi connectivity index (χ2n) is 8.24. The smallest absolute Gasteiger partial charge is 0.120 e. The number of hydrogen-bond donors (Lipinski definition) is 1. The Bertz CT molecular complexity index is 733. The summed E-state index contributed by atoms with van der Waals surface area (Å²) in [5, 5.41) is 11.4. The van der Waals surface area contributed by atoms with Crippen LogP contribution in [0.5, 0.6) is 5.75 Å². The minimum absolute atomic E-state index is 0.0386. The highest BCUT2D eigenvalue weighted by Crippen LogP contribution is 2.61. The quantitative estimate of drug-likeness (QED) is 0.839. The van der Waals surface area contributed by atoms with Crippen molar-refractivity contribution in [2.75, 3.05) is 32.1 Å². The van der Waals surface area contributed by atoms with Gasteiger partial charge in [0, 0.05) is 36.8 Å². The van der Waals surface area contributed by atoms with Gasteiger partial charge in [0.25, 0.3) is 0 Å². The van der Waals surface area contributed by atoms with Gasteiger partial charge in [0.2, 0.25) is 0 Å². The molecule has 6 unspecified atom stereocenters. The molecule has 1 spiro atoms. The van der Waals surface area contributed by atoms with Gasteiger partial charge in [-0.05, 0) is 36.4 Å². The highest BCUT2D eigenvalue weighted by atomic mass is 16.5. The largest absolute Gasteiger partial charge is 0.497 e. The van der Waals surface area contributed by atoms with Gasteiger partial charge in [-0.3, -0.25) is 4.90 Å². The number of aliphatic hydroxyl groups excluding tert-OH is 1. The first-order valence-electron chi connectivity index (χ1n) is 9.63. The van der Waals surface area contributed by atoms with Crippen molar-refractivity contribution < 1.29 is 9.84 Å². The van der Waals surface area contributed by atoms with E-state index in [9.17, 15) is 5.11 Å². The maximum atomic E-state index is 11.4. The van der Waals surface area contributed by atoms with Crippen molar-refractivity contribution in [2.45, 2.75) is 43.4 Å². The third-order valence-corrected chi connectivity index (χ3v) is 7.56. The minimum atomic E-state index is -0.294. The molecular formula is C21H28N2O2. The van der Waals surface area contributed by atoms with E-state index in [1.165, 1.54) is 11.3 Å². The number of aliphatic hydroxyl groups is 1. The molecule has 25 heavy (non-hydrogen) atoms. The van der Waals surface area contributed by atoms with Gasteiger partial charge in [-0.2, -0.15) is 0 Å². The summed E-state index contributed by atoms with van der Waals surface area (Å²) in [6.07, 6.45) is 6.60. The maximum Gasteiger partial charge on any atom is 0.120 e. The Morgan fingerprint density at radius 1 is 1.32 bits per heavy atom. The zero-order valence-electron chi connectivity index (χ0n) is 15.4. The fourth-order valence-corrected chi connectivity index (χ4v) is 6.67. The predicted octanol–water partition coefficient (Wildman–Crippen LogP) is 2.41. The van der Waals surface area contributed by atoms with Crippen LogP contribution < -0.4 is 9.64 Å². The van der Waals surface area contributed by atoms with Crippen molar-refractivity contribution in [3.63, 3.8) is 0 Å². The Morgan fingerprint density at radius 2 is 2.16 bits per heavy atom. The van der Waals surface area contributed by atoms with Gasteiger partial charge in [0.05, 0.1) is 19.3 Å². The van der Waals surface area contributed by atoms with Crippen molar-refractivity contribution >= 4 is 5.69 Å². The Kier molecular flexibility index (Phi) is 3.29. The minimum Gasteiger partial charge on any atom is -0.497 e.